The predicted molar refractivity (Wildman–Crippen MR) is 129 cm³/mol. The average Bonchev–Trinajstić information content (AvgIpc) is 3.01. The molecule has 32 heavy (non-hydrogen) atoms. The highest BCUT2D eigenvalue weighted by Crippen LogP contribution is 2.35. The smallest absolute Gasteiger partial charge is 0.222 e. The normalized spacial score (nSPS) is 14.8. The van der Waals surface area contributed by atoms with Gasteiger partial charge in [0.2, 0.25) is 5.91 Å². The van der Waals surface area contributed by atoms with E-state index in [-0.39, 0.29) is 5.91 Å². The van der Waals surface area contributed by atoms with Gasteiger partial charge in [-0.1, -0.05) is 24.3 Å². The molecule has 3 aromatic rings. The molecular formula is C23H28N6O2S. The third-order valence-corrected chi connectivity index (χ3v) is 6.61. The number of rotatable bonds is 6. The fourth-order valence-electron chi connectivity index (χ4n) is 3.73. The minimum absolute atomic E-state index is 0.120. The molecule has 2 aromatic heterocycles. The maximum Gasteiger partial charge on any atom is 0.222 e. The number of carbonyl (C=O) groups is 1. The summed E-state index contributed by atoms with van der Waals surface area (Å²) in [5.41, 5.74) is 2.64. The molecule has 2 N–H and O–H groups in total. The molecule has 1 aromatic carbocycles. The summed E-state index contributed by atoms with van der Waals surface area (Å²) in [6.07, 6.45) is 3.73. The Bertz CT molecular complexity index is 1120. The lowest BCUT2D eigenvalue weighted by atomic mass is 10.1. The Kier molecular flexibility index (Phi) is 6.96. The van der Waals surface area contributed by atoms with E-state index < -0.39 is 0 Å². The second kappa shape index (κ2) is 10.1. The zero-order valence-corrected chi connectivity index (χ0v) is 19.3. The number of hydrogen-bond donors (Lipinski definition) is 1. The molecule has 8 nitrogen and oxygen atoms in total. The number of fused-ring (bicyclic) bond motifs is 1. The Hall–Kier alpha value is -3.04. The molecule has 168 valence electrons. The van der Waals surface area contributed by atoms with Crippen molar-refractivity contribution in [3.63, 3.8) is 0 Å². The quantitative estimate of drug-likeness (QED) is 0.351. The van der Waals surface area contributed by atoms with Gasteiger partial charge in [-0.2, -0.15) is 5.10 Å². The van der Waals surface area contributed by atoms with Gasteiger partial charge >= 0.3 is 0 Å². The first-order valence-electron chi connectivity index (χ1n) is 10.7. The van der Waals surface area contributed by atoms with Crippen molar-refractivity contribution >= 4 is 39.5 Å². The van der Waals surface area contributed by atoms with E-state index in [0.29, 0.717) is 25.3 Å². The minimum atomic E-state index is 0.120. The molecule has 1 saturated heterocycles. The monoisotopic (exact) mass is 452 g/mol. The summed E-state index contributed by atoms with van der Waals surface area (Å²) in [5, 5.41) is 3.70. The lowest BCUT2D eigenvalue weighted by Gasteiger charge is -2.22. The summed E-state index contributed by atoms with van der Waals surface area (Å²) in [6, 6.07) is 9.92. The number of anilines is 1. The van der Waals surface area contributed by atoms with Gasteiger partial charge in [0.1, 0.15) is 0 Å². The average molecular weight is 453 g/mol. The molecule has 0 unspecified atom stereocenters. The molecule has 1 fully saturated rings. The van der Waals surface area contributed by atoms with Gasteiger partial charge in [0, 0.05) is 56.2 Å². The van der Waals surface area contributed by atoms with Crippen LogP contribution in [0.5, 0.6) is 0 Å². The van der Waals surface area contributed by atoms with E-state index in [4.69, 9.17) is 20.5 Å². The maximum atomic E-state index is 12.1. The van der Waals surface area contributed by atoms with Crippen molar-refractivity contribution in [2.24, 2.45) is 10.9 Å². The van der Waals surface area contributed by atoms with Gasteiger partial charge in [0.05, 0.1) is 23.0 Å². The zero-order valence-electron chi connectivity index (χ0n) is 18.5. The summed E-state index contributed by atoms with van der Waals surface area (Å²) in [7, 11) is 3.57. The number of carbonyl (C=O) groups excluding carboxylic acids is 1. The molecule has 3 heterocycles. The van der Waals surface area contributed by atoms with Crippen LogP contribution in [0.25, 0.3) is 21.6 Å². The molecule has 0 atom stereocenters. The highest BCUT2D eigenvalue weighted by atomic mass is 32.1. The molecule has 9 heteroatoms. The third kappa shape index (κ3) is 4.89. The van der Waals surface area contributed by atoms with Gasteiger partial charge in [-0.15, -0.1) is 11.3 Å². The lowest BCUT2D eigenvalue weighted by Crippen LogP contribution is -2.27. The number of hydrogen-bond acceptors (Lipinski definition) is 8. The van der Waals surface area contributed by atoms with Crippen LogP contribution in [0.3, 0.4) is 0 Å². The van der Waals surface area contributed by atoms with Crippen LogP contribution in [0.4, 0.5) is 5.82 Å². The van der Waals surface area contributed by atoms with E-state index >= 15 is 0 Å². The van der Waals surface area contributed by atoms with E-state index in [2.05, 4.69) is 16.1 Å². The van der Waals surface area contributed by atoms with Crippen LogP contribution in [0.15, 0.2) is 35.4 Å². The van der Waals surface area contributed by atoms with Gasteiger partial charge in [0.25, 0.3) is 0 Å². The van der Waals surface area contributed by atoms with Crippen LogP contribution < -0.4 is 10.7 Å². The molecule has 0 bridgehead atoms. The number of amides is 1. The Morgan fingerprint density at radius 3 is 2.94 bits per heavy atom. The zero-order chi connectivity index (χ0) is 22.5. The summed E-state index contributed by atoms with van der Waals surface area (Å²) >= 11 is 1.67. The SMILES string of the molecule is CN(C)C(=O)CCc1cc2nc(-c3ccccc3/C=N\N)nc(N3CCCOCC3)c2s1. The first kappa shape index (κ1) is 22.2. The highest BCUT2D eigenvalue weighted by Gasteiger charge is 2.20. The fourth-order valence-corrected chi connectivity index (χ4v) is 4.84. The maximum absolute atomic E-state index is 12.1. The molecule has 0 aliphatic carbocycles. The summed E-state index contributed by atoms with van der Waals surface area (Å²) < 4.78 is 6.71. The van der Waals surface area contributed by atoms with Crippen LogP contribution in [0, 0.1) is 0 Å². The Labute approximate surface area is 191 Å². The van der Waals surface area contributed by atoms with Crippen LogP contribution in [-0.2, 0) is 16.0 Å². The predicted octanol–water partition coefficient (Wildman–Crippen LogP) is 2.90. The standard InChI is InChI=1S/C23H28N6O2S/c1-28(2)20(30)9-8-17-14-19-21(32-17)23(29-10-5-12-31-13-11-29)27-22(26-19)18-7-4-3-6-16(18)15-25-24/h3-4,6-7,14-15H,5,8-13,24H2,1-2H3/b25-15-. The molecule has 1 aliphatic heterocycles. The van der Waals surface area contributed by atoms with Gasteiger partial charge in [-0.05, 0) is 18.9 Å². The van der Waals surface area contributed by atoms with Crippen LogP contribution in [-0.4, -0.2) is 67.4 Å². The number of nitrogens with two attached hydrogens (primary N) is 1. The van der Waals surface area contributed by atoms with Crippen LogP contribution >= 0.6 is 11.3 Å². The van der Waals surface area contributed by atoms with E-state index in [1.54, 1.807) is 36.5 Å². The van der Waals surface area contributed by atoms with Crippen molar-refractivity contribution in [1.82, 2.24) is 14.9 Å². The largest absolute Gasteiger partial charge is 0.380 e. The molecule has 0 spiro atoms. The van der Waals surface area contributed by atoms with E-state index in [1.165, 1.54) is 0 Å². The van der Waals surface area contributed by atoms with Crippen LogP contribution in [0.2, 0.25) is 0 Å². The molecular weight excluding hydrogens is 424 g/mol. The van der Waals surface area contributed by atoms with Crippen molar-refractivity contribution < 1.29 is 9.53 Å². The van der Waals surface area contributed by atoms with Crippen molar-refractivity contribution in [3.05, 3.63) is 40.8 Å². The first-order valence-corrected chi connectivity index (χ1v) is 11.5. The summed E-state index contributed by atoms with van der Waals surface area (Å²) in [6.45, 7) is 3.09. The summed E-state index contributed by atoms with van der Waals surface area (Å²) in [5.74, 6) is 7.10. The topological polar surface area (TPSA) is 96.9 Å². The van der Waals surface area contributed by atoms with Crippen molar-refractivity contribution in [2.75, 3.05) is 45.3 Å². The molecule has 1 amide bonds. The lowest BCUT2D eigenvalue weighted by molar-refractivity contribution is -0.128. The summed E-state index contributed by atoms with van der Waals surface area (Å²) in [4.78, 5) is 27.0. The van der Waals surface area contributed by atoms with Crippen LogP contribution in [0.1, 0.15) is 23.3 Å². The fraction of sp³-hybridized carbons (Fsp3) is 0.391. The second-order valence-corrected chi connectivity index (χ2v) is 9.04. The Morgan fingerprint density at radius 1 is 1.28 bits per heavy atom. The number of ether oxygens (including phenoxy) is 1. The van der Waals surface area contributed by atoms with E-state index in [9.17, 15) is 4.79 Å². The molecule has 4 rings (SSSR count). The number of hydrazone groups is 1. The van der Waals surface area contributed by atoms with Gasteiger partial charge in [-0.3, -0.25) is 4.79 Å². The minimum Gasteiger partial charge on any atom is -0.380 e. The second-order valence-electron chi connectivity index (χ2n) is 7.90. The number of aromatic nitrogens is 2. The van der Waals surface area contributed by atoms with Crippen molar-refractivity contribution in [2.45, 2.75) is 19.3 Å². The molecule has 0 radical (unpaired) electrons. The van der Waals surface area contributed by atoms with Gasteiger partial charge in [0.15, 0.2) is 11.6 Å². The Morgan fingerprint density at radius 2 is 2.12 bits per heavy atom. The highest BCUT2D eigenvalue weighted by molar-refractivity contribution is 7.19. The Balaban J connectivity index is 1.79. The number of benzene rings is 1. The van der Waals surface area contributed by atoms with E-state index in [0.717, 1.165) is 58.2 Å². The number of aryl methyl sites for hydroxylation is 1. The van der Waals surface area contributed by atoms with Crippen molar-refractivity contribution in [3.8, 4) is 11.4 Å². The van der Waals surface area contributed by atoms with Gasteiger partial charge in [-0.25, -0.2) is 9.97 Å². The number of thiophene rings is 1. The number of nitrogens with zero attached hydrogens (tertiary/aromatic N) is 5. The first-order chi connectivity index (χ1) is 15.6. The van der Waals surface area contributed by atoms with Gasteiger partial charge < -0.3 is 20.4 Å². The van der Waals surface area contributed by atoms with Crippen molar-refractivity contribution in [1.29, 1.82) is 0 Å². The molecule has 0 saturated carbocycles. The van der Waals surface area contributed by atoms with E-state index in [1.807, 2.05) is 24.3 Å². The third-order valence-electron chi connectivity index (χ3n) is 5.43. The molecule has 1 aliphatic rings.